The number of benzene rings is 3. The SMILES string of the molecule is COc1ccc(OC)c(CCN2CCc3ccc(-c4ccccc4S(N)(=O)=O)cc3C2)c1. The summed E-state index contributed by atoms with van der Waals surface area (Å²) in [6, 6.07) is 18.9. The molecule has 0 spiro atoms. The summed E-state index contributed by atoms with van der Waals surface area (Å²) in [6.45, 7) is 2.68. The maximum absolute atomic E-state index is 12.0. The van der Waals surface area contributed by atoms with Crippen molar-refractivity contribution in [1.29, 1.82) is 0 Å². The molecule has 7 heteroatoms. The minimum Gasteiger partial charge on any atom is -0.497 e. The summed E-state index contributed by atoms with van der Waals surface area (Å²) in [7, 11) is -0.448. The van der Waals surface area contributed by atoms with Crippen LogP contribution in [0.1, 0.15) is 16.7 Å². The smallest absolute Gasteiger partial charge is 0.238 e. The zero-order chi connectivity index (χ0) is 22.7. The van der Waals surface area contributed by atoms with Crippen molar-refractivity contribution >= 4 is 10.0 Å². The first-order chi connectivity index (χ1) is 15.4. The van der Waals surface area contributed by atoms with Gasteiger partial charge in [-0.3, -0.25) is 4.90 Å². The zero-order valence-electron chi connectivity index (χ0n) is 18.4. The highest BCUT2D eigenvalue weighted by Gasteiger charge is 2.20. The van der Waals surface area contributed by atoms with Crippen molar-refractivity contribution in [1.82, 2.24) is 4.90 Å². The Labute approximate surface area is 189 Å². The summed E-state index contributed by atoms with van der Waals surface area (Å²) in [5.41, 5.74) is 5.14. The van der Waals surface area contributed by atoms with E-state index < -0.39 is 10.0 Å². The van der Waals surface area contributed by atoms with Gasteiger partial charge in [-0.15, -0.1) is 0 Å². The first-order valence-corrected chi connectivity index (χ1v) is 12.1. The van der Waals surface area contributed by atoms with Crippen molar-refractivity contribution in [2.24, 2.45) is 5.14 Å². The Balaban J connectivity index is 1.54. The molecule has 0 saturated heterocycles. The number of sulfonamides is 1. The number of nitrogens with two attached hydrogens (primary N) is 1. The third-order valence-electron chi connectivity index (χ3n) is 5.99. The summed E-state index contributed by atoms with van der Waals surface area (Å²) in [5.74, 6) is 1.69. The maximum Gasteiger partial charge on any atom is 0.238 e. The van der Waals surface area contributed by atoms with Crippen LogP contribution < -0.4 is 14.6 Å². The van der Waals surface area contributed by atoms with Crippen molar-refractivity contribution in [2.75, 3.05) is 27.3 Å². The van der Waals surface area contributed by atoms with Gasteiger partial charge < -0.3 is 9.47 Å². The van der Waals surface area contributed by atoms with Crippen molar-refractivity contribution in [3.05, 3.63) is 77.4 Å². The fourth-order valence-electron chi connectivity index (χ4n) is 4.28. The van der Waals surface area contributed by atoms with Crippen LogP contribution in [0.5, 0.6) is 11.5 Å². The normalized spacial score (nSPS) is 14.1. The van der Waals surface area contributed by atoms with Gasteiger partial charge in [0.25, 0.3) is 0 Å². The number of fused-ring (bicyclic) bond motifs is 1. The van der Waals surface area contributed by atoms with Gasteiger partial charge in [-0.1, -0.05) is 30.3 Å². The molecule has 0 saturated carbocycles. The number of hydrogen-bond acceptors (Lipinski definition) is 5. The third kappa shape index (κ3) is 4.80. The van der Waals surface area contributed by atoms with Gasteiger partial charge in [0.15, 0.2) is 0 Å². The van der Waals surface area contributed by atoms with E-state index in [1.165, 1.54) is 11.1 Å². The average molecular weight is 453 g/mol. The second-order valence-corrected chi connectivity index (χ2v) is 9.51. The Morgan fingerprint density at radius 1 is 0.969 bits per heavy atom. The standard InChI is InChI=1S/C25H28N2O4S/c1-30-22-9-10-24(31-2)20(16-22)12-14-27-13-11-18-7-8-19(15-21(18)17-27)23-5-3-4-6-25(23)32(26,28)29/h3-10,15-16H,11-14,17H2,1-2H3,(H2,26,28,29). The average Bonchev–Trinajstić information content (AvgIpc) is 2.81. The Kier molecular flexibility index (Phi) is 6.50. The van der Waals surface area contributed by atoms with Crippen LogP contribution in [0.15, 0.2) is 65.6 Å². The second kappa shape index (κ2) is 9.32. The van der Waals surface area contributed by atoms with Gasteiger partial charge in [0.2, 0.25) is 10.0 Å². The van der Waals surface area contributed by atoms with E-state index in [0.29, 0.717) is 5.56 Å². The summed E-state index contributed by atoms with van der Waals surface area (Å²) in [6.07, 6.45) is 1.81. The molecule has 0 amide bonds. The lowest BCUT2D eigenvalue weighted by atomic mass is 9.94. The van der Waals surface area contributed by atoms with Crippen molar-refractivity contribution in [3.8, 4) is 22.6 Å². The molecule has 2 N–H and O–H groups in total. The van der Waals surface area contributed by atoms with Crippen molar-refractivity contribution < 1.29 is 17.9 Å². The van der Waals surface area contributed by atoms with Crippen LogP contribution in [0.4, 0.5) is 0 Å². The molecule has 0 atom stereocenters. The number of primary sulfonamides is 1. The van der Waals surface area contributed by atoms with E-state index in [9.17, 15) is 8.42 Å². The first-order valence-electron chi connectivity index (χ1n) is 10.6. The lowest BCUT2D eigenvalue weighted by Gasteiger charge is -2.29. The van der Waals surface area contributed by atoms with E-state index in [1.54, 1.807) is 32.4 Å². The maximum atomic E-state index is 12.0. The molecule has 1 heterocycles. The number of rotatable bonds is 7. The molecule has 4 rings (SSSR count). The lowest BCUT2D eigenvalue weighted by molar-refractivity contribution is 0.256. The minimum atomic E-state index is -3.80. The van der Waals surface area contributed by atoms with Crippen LogP contribution >= 0.6 is 0 Å². The van der Waals surface area contributed by atoms with Gasteiger partial charge in [-0.05, 0) is 65.4 Å². The van der Waals surface area contributed by atoms with Crippen LogP contribution in [0.2, 0.25) is 0 Å². The van der Waals surface area contributed by atoms with Crippen molar-refractivity contribution in [3.63, 3.8) is 0 Å². The molecule has 3 aromatic rings. The van der Waals surface area contributed by atoms with Crippen molar-refractivity contribution in [2.45, 2.75) is 24.3 Å². The van der Waals surface area contributed by atoms with Gasteiger partial charge >= 0.3 is 0 Å². The van der Waals surface area contributed by atoms with Gasteiger partial charge in [-0.25, -0.2) is 13.6 Å². The summed E-state index contributed by atoms with van der Waals surface area (Å²) in [4.78, 5) is 2.56. The molecular formula is C25H28N2O4S. The monoisotopic (exact) mass is 452 g/mol. The van der Waals surface area contributed by atoms with E-state index in [1.807, 2.05) is 30.3 Å². The van der Waals surface area contributed by atoms with Gasteiger partial charge in [0, 0.05) is 25.2 Å². The molecule has 168 valence electrons. The predicted molar refractivity (Wildman–Crippen MR) is 125 cm³/mol. The highest BCUT2D eigenvalue weighted by atomic mass is 32.2. The van der Waals surface area contributed by atoms with E-state index in [2.05, 4.69) is 17.0 Å². The van der Waals surface area contributed by atoms with E-state index >= 15 is 0 Å². The van der Waals surface area contributed by atoms with E-state index in [0.717, 1.165) is 55.1 Å². The molecule has 0 unspecified atom stereocenters. The number of methoxy groups -OCH3 is 2. The molecule has 0 radical (unpaired) electrons. The summed E-state index contributed by atoms with van der Waals surface area (Å²) in [5, 5.41) is 5.44. The van der Waals surface area contributed by atoms with Gasteiger partial charge in [0.1, 0.15) is 11.5 Å². The topological polar surface area (TPSA) is 81.9 Å². The van der Waals surface area contributed by atoms with Crippen LogP contribution in [0, 0.1) is 0 Å². The first kappa shape index (κ1) is 22.3. The Morgan fingerprint density at radius 2 is 1.78 bits per heavy atom. The molecule has 0 aromatic heterocycles. The predicted octanol–water partition coefficient (Wildman–Crippen LogP) is 3.62. The summed E-state index contributed by atoms with van der Waals surface area (Å²) < 4.78 is 34.9. The lowest BCUT2D eigenvalue weighted by Crippen LogP contribution is -2.32. The quantitative estimate of drug-likeness (QED) is 0.592. The van der Waals surface area contributed by atoms with Gasteiger partial charge in [0.05, 0.1) is 19.1 Å². The summed E-state index contributed by atoms with van der Waals surface area (Å²) >= 11 is 0. The highest BCUT2D eigenvalue weighted by Crippen LogP contribution is 2.31. The van der Waals surface area contributed by atoms with Crippen LogP contribution in [-0.2, 0) is 29.4 Å². The largest absolute Gasteiger partial charge is 0.497 e. The number of nitrogens with zero attached hydrogens (tertiary/aromatic N) is 1. The zero-order valence-corrected chi connectivity index (χ0v) is 19.2. The Morgan fingerprint density at radius 3 is 2.53 bits per heavy atom. The molecule has 1 aliphatic rings. The molecular weight excluding hydrogens is 424 g/mol. The molecule has 0 aliphatic carbocycles. The van der Waals surface area contributed by atoms with Crippen LogP contribution in [0.25, 0.3) is 11.1 Å². The van der Waals surface area contributed by atoms with Gasteiger partial charge in [-0.2, -0.15) is 0 Å². The Hall–Kier alpha value is -2.87. The highest BCUT2D eigenvalue weighted by molar-refractivity contribution is 7.89. The molecule has 0 fully saturated rings. The fourth-order valence-corrected chi connectivity index (χ4v) is 5.04. The molecule has 0 bridgehead atoms. The van der Waals surface area contributed by atoms with E-state index in [-0.39, 0.29) is 4.90 Å². The van der Waals surface area contributed by atoms with E-state index in [4.69, 9.17) is 14.6 Å². The molecule has 1 aliphatic heterocycles. The number of ether oxygens (including phenoxy) is 2. The number of hydrogen-bond donors (Lipinski definition) is 1. The fraction of sp³-hybridized carbons (Fsp3) is 0.280. The second-order valence-electron chi connectivity index (χ2n) is 7.98. The minimum absolute atomic E-state index is 0.151. The molecule has 3 aromatic carbocycles. The molecule has 6 nitrogen and oxygen atoms in total. The molecule has 32 heavy (non-hydrogen) atoms. The third-order valence-corrected chi connectivity index (χ3v) is 6.96. The van der Waals surface area contributed by atoms with Crippen LogP contribution in [0.3, 0.4) is 0 Å². The van der Waals surface area contributed by atoms with Crippen LogP contribution in [-0.4, -0.2) is 40.6 Å². The Bertz CT molecular complexity index is 1220.